The van der Waals surface area contributed by atoms with Crippen LogP contribution in [0.15, 0.2) is 12.2 Å². The Morgan fingerprint density at radius 3 is 2.78 bits per heavy atom. The number of amides is 1. The zero-order valence-electron chi connectivity index (χ0n) is 13.8. The molecule has 2 saturated heterocycles. The summed E-state index contributed by atoms with van der Waals surface area (Å²) in [5, 5.41) is 0. The van der Waals surface area contributed by atoms with Crippen LogP contribution in [0.25, 0.3) is 0 Å². The zero-order valence-corrected chi connectivity index (χ0v) is 13.8. The highest BCUT2D eigenvalue weighted by Gasteiger charge is 2.76. The van der Waals surface area contributed by atoms with Crippen LogP contribution in [-0.2, 0) is 19.1 Å². The molecule has 124 valence electrons. The minimum Gasteiger partial charge on any atom is -0.468 e. The molecule has 1 amide bonds. The molecule has 4 rings (SSSR count). The summed E-state index contributed by atoms with van der Waals surface area (Å²) in [6.07, 6.45) is 3.53. The van der Waals surface area contributed by atoms with E-state index in [1.807, 2.05) is 11.8 Å². The molecule has 0 N–H and O–H groups in total. The summed E-state index contributed by atoms with van der Waals surface area (Å²) in [6, 6.07) is -0.0506. The van der Waals surface area contributed by atoms with E-state index >= 15 is 0 Å². The van der Waals surface area contributed by atoms with Gasteiger partial charge in [0, 0.05) is 29.8 Å². The van der Waals surface area contributed by atoms with Crippen LogP contribution in [0.5, 0.6) is 0 Å². The maximum absolute atomic E-state index is 13.3. The van der Waals surface area contributed by atoms with Gasteiger partial charge < -0.3 is 9.64 Å². The Labute approximate surface area is 136 Å². The molecule has 5 atom stereocenters. The van der Waals surface area contributed by atoms with Crippen LogP contribution in [0, 0.1) is 22.7 Å². The number of nitrogens with zero attached hydrogens (tertiary/aromatic N) is 1. The largest absolute Gasteiger partial charge is 0.468 e. The van der Waals surface area contributed by atoms with Crippen molar-refractivity contribution in [3.8, 4) is 0 Å². The van der Waals surface area contributed by atoms with Gasteiger partial charge in [-0.1, -0.05) is 26.3 Å². The Morgan fingerprint density at radius 1 is 1.35 bits per heavy atom. The second-order valence-corrected chi connectivity index (χ2v) is 7.78. The normalized spacial score (nSPS) is 45.0. The molecule has 0 unspecified atom stereocenters. The number of rotatable bonds is 1. The Bertz CT molecular complexity index is 641. The lowest BCUT2D eigenvalue weighted by Crippen LogP contribution is -2.60. The van der Waals surface area contributed by atoms with Gasteiger partial charge in [0.05, 0.1) is 7.11 Å². The molecule has 0 aromatic carbocycles. The molecule has 2 heterocycles. The maximum atomic E-state index is 13.3. The van der Waals surface area contributed by atoms with Gasteiger partial charge in [-0.15, -0.1) is 0 Å². The Hall–Kier alpha value is -1.65. The first-order valence-corrected chi connectivity index (χ1v) is 8.50. The van der Waals surface area contributed by atoms with Gasteiger partial charge in [-0.3, -0.25) is 14.4 Å². The van der Waals surface area contributed by atoms with Crippen molar-refractivity contribution in [1.82, 2.24) is 4.90 Å². The van der Waals surface area contributed by atoms with E-state index in [1.165, 1.54) is 7.11 Å². The van der Waals surface area contributed by atoms with Gasteiger partial charge in [0.25, 0.3) is 0 Å². The number of Topliss-reactive ketones (excluding diaryl/α,β-unsaturated/α-hetero) is 1. The van der Waals surface area contributed by atoms with Crippen molar-refractivity contribution in [2.24, 2.45) is 22.7 Å². The lowest BCUT2D eigenvalue weighted by molar-refractivity contribution is -0.169. The van der Waals surface area contributed by atoms with Gasteiger partial charge >= 0.3 is 5.97 Å². The number of ketones is 1. The SMILES string of the molecule is C=C1CN2C(=O)[C@]3(C(=O)OC)CCCC[C@@H]4C(=O)[C@H]1C[C@H]2[C@@]43C. The van der Waals surface area contributed by atoms with Crippen molar-refractivity contribution in [2.75, 3.05) is 13.7 Å². The second kappa shape index (κ2) is 4.46. The third-order valence-corrected chi connectivity index (χ3v) is 7.18. The first kappa shape index (κ1) is 14.9. The third kappa shape index (κ3) is 1.42. The van der Waals surface area contributed by atoms with Crippen LogP contribution in [0.2, 0.25) is 0 Å². The van der Waals surface area contributed by atoms with Gasteiger partial charge in [-0.2, -0.15) is 0 Å². The fourth-order valence-corrected chi connectivity index (χ4v) is 6.02. The maximum Gasteiger partial charge on any atom is 0.322 e. The Morgan fingerprint density at radius 2 is 2.09 bits per heavy atom. The lowest BCUT2D eigenvalue weighted by atomic mass is 9.50. The monoisotopic (exact) mass is 317 g/mol. The number of piperidine rings is 1. The summed E-state index contributed by atoms with van der Waals surface area (Å²) in [5.41, 5.74) is -1.02. The number of methoxy groups -OCH3 is 1. The zero-order chi connectivity index (χ0) is 16.6. The minimum atomic E-state index is -1.20. The fraction of sp³-hybridized carbons (Fsp3) is 0.722. The van der Waals surface area contributed by atoms with E-state index < -0.39 is 16.8 Å². The number of hydrogen-bond donors (Lipinski definition) is 0. The molecule has 4 fully saturated rings. The highest BCUT2D eigenvalue weighted by molar-refractivity contribution is 6.08. The van der Waals surface area contributed by atoms with Crippen LogP contribution < -0.4 is 0 Å². The molecular weight excluding hydrogens is 294 g/mol. The standard InChI is InChI=1S/C18H23NO4/c1-10-9-19-13-8-11(10)14(20)12-6-4-5-7-18(15(19)21,16(22)23-3)17(12,13)2/h11-13H,1,4-9H2,2-3H3/t11-,12+,13-,17+,18-/m0/s1. The van der Waals surface area contributed by atoms with Crippen LogP contribution in [0.3, 0.4) is 0 Å². The van der Waals surface area contributed by atoms with Crippen molar-refractivity contribution in [1.29, 1.82) is 0 Å². The predicted octanol–water partition coefficient (Wildman–Crippen LogP) is 1.71. The first-order chi connectivity index (χ1) is 10.9. The number of carbonyl (C=O) groups is 3. The highest BCUT2D eigenvalue weighted by atomic mass is 16.5. The number of esters is 1. The third-order valence-electron chi connectivity index (χ3n) is 7.18. The fourth-order valence-electron chi connectivity index (χ4n) is 6.02. The van der Waals surface area contributed by atoms with Crippen LogP contribution in [0.4, 0.5) is 0 Å². The van der Waals surface area contributed by atoms with E-state index in [0.29, 0.717) is 19.4 Å². The summed E-state index contributed by atoms with van der Waals surface area (Å²) in [7, 11) is 1.34. The van der Waals surface area contributed by atoms with E-state index in [4.69, 9.17) is 4.74 Å². The van der Waals surface area contributed by atoms with Gasteiger partial charge in [0.15, 0.2) is 5.41 Å². The molecule has 0 aromatic heterocycles. The summed E-state index contributed by atoms with van der Waals surface area (Å²) in [4.78, 5) is 41.1. The molecule has 0 radical (unpaired) electrons. The van der Waals surface area contributed by atoms with Crippen LogP contribution >= 0.6 is 0 Å². The molecule has 2 aliphatic carbocycles. The number of ether oxygens (including phenoxy) is 1. The minimum absolute atomic E-state index is 0.0506. The van der Waals surface area contributed by atoms with E-state index in [-0.39, 0.29) is 29.6 Å². The molecule has 2 aliphatic heterocycles. The summed E-state index contributed by atoms with van der Waals surface area (Å²) in [5.74, 6) is -0.799. The summed E-state index contributed by atoms with van der Waals surface area (Å²) >= 11 is 0. The number of carbonyl (C=O) groups excluding carboxylic acids is 3. The molecule has 0 spiro atoms. The smallest absolute Gasteiger partial charge is 0.322 e. The van der Waals surface area contributed by atoms with Crippen molar-refractivity contribution in [3.63, 3.8) is 0 Å². The van der Waals surface area contributed by atoms with Crippen LogP contribution in [0.1, 0.15) is 39.0 Å². The average molecular weight is 317 g/mol. The molecule has 23 heavy (non-hydrogen) atoms. The van der Waals surface area contributed by atoms with Crippen LogP contribution in [-0.4, -0.2) is 42.3 Å². The van der Waals surface area contributed by atoms with Crippen molar-refractivity contribution >= 4 is 17.7 Å². The number of hydrogen-bond acceptors (Lipinski definition) is 4. The molecule has 0 aromatic rings. The summed E-state index contributed by atoms with van der Waals surface area (Å²) < 4.78 is 5.10. The second-order valence-electron chi connectivity index (χ2n) is 7.78. The topological polar surface area (TPSA) is 63.7 Å². The van der Waals surface area contributed by atoms with Gasteiger partial charge in [0.1, 0.15) is 5.78 Å². The molecule has 4 aliphatic rings. The van der Waals surface area contributed by atoms with Crippen molar-refractivity contribution in [2.45, 2.75) is 45.1 Å². The first-order valence-electron chi connectivity index (χ1n) is 8.50. The average Bonchev–Trinajstić information content (AvgIpc) is 2.65. The van der Waals surface area contributed by atoms with Gasteiger partial charge in [-0.05, 0) is 24.8 Å². The van der Waals surface area contributed by atoms with Gasteiger partial charge in [-0.25, -0.2) is 0 Å². The number of fused-ring (bicyclic) bond motifs is 1. The van der Waals surface area contributed by atoms with Gasteiger partial charge in [0.2, 0.25) is 5.91 Å². The highest BCUT2D eigenvalue weighted by Crippen LogP contribution is 2.66. The molecular formula is C18H23NO4. The van der Waals surface area contributed by atoms with E-state index in [2.05, 4.69) is 6.58 Å². The summed E-state index contributed by atoms with van der Waals surface area (Å²) in [6.45, 7) is 6.45. The van der Waals surface area contributed by atoms with Crippen molar-refractivity contribution < 1.29 is 19.1 Å². The quantitative estimate of drug-likeness (QED) is 0.420. The molecule has 5 nitrogen and oxygen atoms in total. The molecule has 2 bridgehead atoms. The predicted molar refractivity (Wildman–Crippen MR) is 82.3 cm³/mol. The molecule has 2 saturated carbocycles. The van der Waals surface area contributed by atoms with Crippen molar-refractivity contribution in [3.05, 3.63) is 12.2 Å². The van der Waals surface area contributed by atoms with E-state index in [9.17, 15) is 14.4 Å². The van der Waals surface area contributed by atoms with E-state index in [0.717, 1.165) is 24.8 Å². The Balaban J connectivity index is 1.99. The Kier molecular flexibility index (Phi) is 2.89. The van der Waals surface area contributed by atoms with E-state index in [1.54, 1.807) is 0 Å². The lowest BCUT2D eigenvalue weighted by Gasteiger charge is -2.52. The molecule has 5 heteroatoms.